The Morgan fingerprint density at radius 2 is 1.31 bits per heavy atom. The number of ether oxygens (including phenoxy) is 2. The number of rotatable bonds is 16. The van der Waals surface area contributed by atoms with Crippen molar-refractivity contribution in [1.82, 2.24) is 0 Å². The van der Waals surface area contributed by atoms with Crippen LogP contribution in [0.25, 0.3) is 0 Å². The zero-order chi connectivity index (χ0) is 19.5. The standard InChI is InChI=1S/C22H34O4/c1-4-7-10-13-14-17-20(21(23)25-18-15-11-8-5-2)22(24)26-19-16-12-9-6-3/h5-6,11-12,15-16,20H,2-4,7-10,13-14,17-19H2,1H3/b15-11-,16-12+. The highest BCUT2D eigenvalue weighted by Crippen LogP contribution is 2.15. The fraction of sp³-hybridized carbons (Fsp3) is 0.545. The molecule has 26 heavy (non-hydrogen) atoms. The predicted molar refractivity (Wildman–Crippen MR) is 107 cm³/mol. The lowest BCUT2D eigenvalue weighted by Crippen LogP contribution is -2.28. The molecule has 0 spiro atoms. The number of unbranched alkanes of at least 4 members (excludes halogenated alkanes) is 4. The van der Waals surface area contributed by atoms with Gasteiger partial charge in [0.15, 0.2) is 5.92 Å². The van der Waals surface area contributed by atoms with Gasteiger partial charge in [0, 0.05) is 0 Å². The lowest BCUT2D eigenvalue weighted by Gasteiger charge is -2.14. The van der Waals surface area contributed by atoms with Crippen LogP contribution in [0.4, 0.5) is 0 Å². The zero-order valence-electron chi connectivity index (χ0n) is 16.2. The normalized spacial score (nSPS) is 12.2. The monoisotopic (exact) mass is 362 g/mol. The second-order valence-electron chi connectivity index (χ2n) is 6.01. The van der Waals surface area contributed by atoms with Gasteiger partial charge in [0.25, 0.3) is 0 Å². The van der Waals surface area contributed by atoms with E-state index in [1.165, 1.54) is 6.42 Å². The highest BCUT2D eigenvalue weighted by Gasteiger charge is 2.28. The second kappa shape index (κ2) is 17.7. The minimum absolute atomic E-state index is 0.158. The molecule has 0 bridgehead atoms. The van der Waals surface area contributed by atoms with E-state index in [4.69, 9.17) is 9.47 Å². The Morgan fingerprint density at radius 3 is 1.77 bits per heavy atom. The Bertz CT molecular complexity index is 427. The predicted octanol–water partition coefficient (Wildman–Crippen LogP) is 5.31. The Morgan fingerprint density at radius 1 is 0.808 bits per heavy atom. The van der Waals surface area contributed by atoms with Crippen LogP contribution in [0.3, 0.4) is 0 Å². The molecule has 0 amide bonds. The molecule has 0 heterocycles. The van der Waals surface area contributed by atoms with Gasteiger partial charge in [0.05, 0.1) is 0 Å². The molecule has 1 unspecified atom stereocenters. The van der Waals surface area contributed by atoms with Crippen molar-refractivity contribution < 1.29 is 19.1 Å². The molecular weight excluding hydrogens is 328 g/mol. The lowest BCUT2D eigenvalue weighted by molar-refractivity contribution is -0.161. The van der Waals surface area contributed by atoms with Gasteiger partial charge in [-0.05, 0) is 19.3 Å². The molecule has 0 radical (unpaired) electrons. The molecule has 4 nitrogen and oxygen atoms in total. The molecule has 0 N–H and O–H groups in total. The second-order valence-corrected chi connectivity index (χ2v) is 6.01. The summed E-state index contributed by atoms with van der Waals surface area (Å²) < 4.78 is 10.4. The van der Waals surface area contributed by atoms with Gasteiger partial charge >= 0.3 is 11.9 Å². The van der Waals surface area contributed by atoms with Gasteiger partial charge in [-0.2, -0.15) is 0 Å². The number of carbonyl (C=O) groups is 2. The molecule has 0 rings (SSSR count). The van der Waals surface area contributed by atoms with E-state index in [0.29, 0.717) is 6.42 Å². The number of hydrogen-bond acceptors (Lipinski definition) is 4. The van der Waals surface area contributed by atoms with Crippen molar-refractivity contribution in [1.29, 1.82) is 0 Å². The summed E-state index contributed by atoms with van der Waals surface area (Å²) in [5.74, 6) is -1.87. The van der Waals surface area contributed by atoms with Gasteiger partial charge in [0.2, 0.25) is 0 Å². The van der Waals surface area contributed by atoms with Gasteiger partial charge in [-0.1, -0.05) is 75.5 Å². The third-order valence-electron chi connectivity index (χ3n) is 3.75. The molecule has 0 aliphatic carbocycles. The van der Waals surface area contributed by atoms with Gasteiger partial charge in [0.1, 0.15) is 13.2 Å². The summed E-state index contributed by atoms with van der Waals surface area (Å²) in [7, 11) is 0. The first-order chi connectivity index (χ1) is 12.7. The topological polar surface area (TPSA) is 52.6 Å². The quantitative estimate of drug-likeness (QED) is 0.161. The van der Waals surface area contributed by atoms with E-state index in [-0.39, 0.29) is 13.2 Å². The van der Waals surface area contributed by atoms with Crippen molar-refractivity contribution in [2.45, 2.75) is 58.3 Å². The van der Waals surface area contributed by atoms with Crippen LogP contribution in [0.5, 0.6) is 0 Å². The van der Waals surface area contributed by atoms with Crippen LogP contribution < -0.4 is 0 Å². The highest BCUT2D eigenvalue weighted by molar-refractivity contribution is 5.94. The molecule has 0 aromatic rings. The summed E-state index contributed by atoms with van der Waals surface area (Å²) in [5, 5.41) is 0. The van der Waals surface area contributed by atoms with Crippen molar-refractivity contribution in [2.24, 2.45) is 5.92 Å². The molecule has 0 saturated heterocycles. The van der Waals surface area contributed by atoms with Crippen LogP contribution >= 0.6 is 0 Å². The van der Waals surface area contributed by atoms with Crippen LogP contribution in [-0.2, 0) is 19.1 Å². The van der Waals surface area contributed by atoms with Crippen LogP contribution in [0.1, 0.15) is 58.3 Å². The smallest absolute Gasteiger partial charge is 0.320 e. The SMILES string of the molecule is C=CC/C=C\COC(=O)C(CCCCCCC)C(=O)OC/C=C/CC=C. The maximum atomic E-state index is 12.3. The minimum Gasteiger partial charge on any atom is -0.461 e. The van der Waals surface area contributed by atoms with Crippen molar-refractivity contribution in [2.75, 3.05) is 13.2 Å². The Balaban J connectivity index is 4.49. The summed E-state index contributed by atoms with van der Waals surface area (Å²) in [6, 6.07) is 0. The molecule has 0 saturated carbocycles. The molecule has 1 atom stereocenters. The zero-order valence-corrected chi connectivity index (χ0v) is 16.2. The van der Waals surface area contributed by atoms with E-state index in [1.807, 2.05) is 12.2 Å². The molecule has 0 aromatic heterocycles. The fourth-order valence-electron chi connectivity index (χ4n) is 2.27. The molecule has 146 valence electrons. The van der Waals surface area contributed by atoms with Gasteiger partial charge in [-0.3, -0.25) is 9.59 Å². The molecule has 0 aliphatic heterocycles. The fourth-order valence-corrected chi connectivity index (χ4v) is 2.27. The Labute approximate surface area is 158 Å². The van der Waals surface area contributed by atoms with E-state index in [0.717, 1.165) is 38.5 Å². The summed E-state index contributed by atoms with van der Waals surface area (Å²) in [6.45, 7) is 9.70. The number of esters is 2. The van der Waals surface area contributed by atoms with Crippen LogP contribution in [0, 0.1) is 5.92 Å². The summed E-state index contributed by atoms with van der Waals surface area (Å²) in [5.41, 5.74) is 0. The first-order valence-electron chi connectivity index (χ1n) is 9.52. The van der Waals surface area contributed by atoms with Crippen molar-refractivity contribution >= 4 is 11.9 Å². The van der Waals surface area contributed by atoms with Gasteiger partial charge < -0.3 is 9.47 Å². The van der Waals surface area contributed by atoms with Crippen LogP contribution in [0.2, 0.25) is 0 Å². The molecular formula is C22H34O4. The maximum absolute atomic E-state index is 12.3. The third-order valence-corrected chi connectivity index (χ3v) is 3.75. The Hall–Kier alpha value is -2.10. The van der Waals surface area contributed by atoms with E-state index in [1.54, 1.807) is 24.3 Å². The number of carbonyl (C=O) groups excluding carboxylic acids is 2. The highest BCUT2D eigenvalue weighted by atomic mass is 16.6. The third kappa shape index (κ3) is 13.2. The van der Waals surface area contributed by atoms with Gasteiger partial charge in [-0.25, -0.2) is 0 Å². The lowest BCUT2D eigenvalue weighted by atomic mass is 10.0. The molecule has 0 aliphatic rings. The van der Waals surface area contributed by atoms with Crippen molar-refractivity contribution in [3.63, 3.8) is 0 Å². The summed E-state index contributed by atoms with van der Waals surface area (Å²) >= 11 is 0. The molecule has 0 aromatic carbocycles. The van der Waals surface area contributed by atoms with E-state index in [2.05, 4.69) is 20.1 Å². The number of hydrogen-bond donors (Lipinski definition) is 0. The minimum atomic E-state index is -0.850. The Kier molecular flexibility index (Phi) is 16.3. The molecule has 0 fully saturated rings. The largest absolute Gasteiger partial charge is 0.461 e. The van der Waals surface area contributed by atoms with Crippen molar-refractivity contribution in [3.8, 4) is 0 Å². The van der Waals surface area contributed by atoms with E-state index < -0.39 is 17.9 Å². The average Bonchev–Trinajstić information content (AvgIpc) is 2.64. The van der Waals surface area contributed by atoms with Crippen molar-refractivity contribution in [3.05, 3.63) is 49.6 Å². The summed E-state index contributed by atoms with van der Waals surface area (Å²) in [6.07, 6.45) is 17.9. The first kappa shape index (κ1) is 23.9. The molecule has 4 heteroatoms. The van der Waals surface area contributed by atoms with E-state index >= 15 is 0 Å². The maximum Gasteiger partial charge on any atom is 0.320 e. The first-order valence-corrected chi connectivity index (χ1v) is 9.52. The van der Waals surface area contributed by atoms with Crippen LogP contribution in [0.15, 0.2) is 49.6 Å². The van der Waals surface area contributed by atoms with Crippen LogP contribution in [-0.4, -0.2) is 25.2 Å². The van der Waals surface area contributed by atoms with E-state index in [9.17, 15) is 9.59 Å². The number of allylic oxidation sites excluding steroid dienone is 4. The average molecular weight is 363 g/mol. The van der Waals surface area contributed by atoms with Gasteiger partial charge in [-0.15, -0.1) is 13.2 Å². The summed E-state index contributed by atoms with van der Waals surface area (Å²) in [4.78, 5) is 24.5.